The Kier molecular flexibility index (Phi) is 6.18. The summed E-state index contributed by atoms with van der Waals surface area (Å²) in [4.78, 5) is 28.1. The number of nitro groups is 1. The third-order valence-electron chi connectivity index (χ3n) is 5.06. The summed E-state index contributed by atoms with van der Waals surface area (Å²) in [5, 5.41) is 14.3. The summed E-state index contributed by atoms with van der Waals surface area (Å²) >= 11 is 0. The van der Waals surface area contributed by atoms with Crippen molar-refractivity contribution >= 4 is 11.6 Å². The van der Waals surface area contributed by atoms with Crippen LogP contribution >= 0.6 is 0 Å². The number of nitro benzene ring substituents is 1. The van der Waals surface area contributed by atoms with Crippen molar-refractivity contribution in [2.24, 2.45) is 0 Å². The molecule has 2 heterocycles. The van der Waals surface area contributed by atoms with E-state index in [4.69, 9.17) is 4.74 Å². The van der Waals surface area contributed by atoms with Gasteiger partial charge in [-0.15, -0.1) is 0 Å². The second-order valence-corrected chi connectivity index (χ2v) is 7.05. The van der Waals surface area contributed by atoms with Crippen LogP contribution in [0.2, 0.25) is 0 Å². The summed E-state index contributed by atoms with van der Waals surface area (Å²) < 4.78 is 5.29. The Labute approximate surface area is 153 Å². The fourth-order valence-electron chi connectivity index (χ4n) is 3.39. The van der Waals surface area contributed by atoms with Crippen LogP contribution in [0.1, 0.15) is 28.8 Å². The fraction of sp³-hybridized carbons (Fsp3) is 0.611. The molecule has 8 heteroatoms. The second-order valence-electron chi connectivity index (χ2n) is 7.05. The highest BCUT2D eigenvalue weighted by molar-refractivity contribution is 5.98. The van der Waals surface area contributed by atoms with Gasteiger partial charge in [-0.2, -0.15) is 0 Å². The maximum Gasteiger partial charge on any atom is 0.282 e. The van der Waals surface area contributed by atoms with E-state index in [1.165, 1.54) is 6.07 Å². The second kappa shape index (κ2) is 8.57. The van der Waals surface area contributed by atoms with Gasteiger partial charge in [-0.05, 0) is 31.5 Å². The SMILES string of the molecule is CN1CCN(Cc2ccc([N+](=O)[O-])c(C(=O)NC3CCOCC3)c2)CC1. The van der Waals surface area contributed by atoms with Gasteiger partial charge in [-0.3, -0.25) is 19.8 Å². The summed E-state index contributed by atoms with van der Waals surface area (Å²) in [5.41, 5.74) is 0.932. The number of nitrogens with zero attached hydrogens (tertiary/aromatic N) is 3. The van der Waals surface area contributed by atoms with Gasteiger partial charge >= 0.3 is 0 Å². The number of likely N-dealkylation sites (N-methyl/N-ethyl adjacent to an activating group) is 1. The van der Waals surface area contributed by atoms with Crippen molar-refractivity contribution in [2.45, 2.75) is 25.4 Å². The van der Waals surface area contributed by atoms with Crippen LogP contribution in [0, 0.1) is 10.1 Å². The average Bonchev–Trinajstić information content (AvgIpc) is 2.64. The van der Waals surface area contributed by atoms with Gasteiger partial charge in [-0.25, -0.2) is 0 Å². The van der Waals surface area contributed by atoms with Crippen molar-refractivity contribution in [2.75, 3.05) is 46.4 Å². The molecule has 1 aromatic carbocycles. The molecule has 142 valence electrons. The molecule has 0 aromatic heterocycles. The van der Waals surface area contributed by atoms with Crippen molar-refractivity contribution in [3.05, 3.63) is 39.4 Å². The van der Waals surface area contributed by atoms with Gasteiger partial charge in [0.25, 0.3) is 11.6 Å². The van der Waals surface area contributed by atoms with Crippen molar-refractivity contribution < 1.29 is 14.5 Å². The largest absolute Gasteiger partial charge is 0.381 e. The molecule has 0 saturated carbocycles. The van der Waals surface area contributed by atoms with Crippen LogP contribution in [0.15, 0.2) is 18.2 Å². The molecule has 0 unspecified atom stereocenters. The standard InChI is InChI=1S/C18H26N4O4/c1-20-6-8-21(9-7-20)13-14-2-3-17(22(24)25)16(12-14)18(23)19-15-4-10-26-11-5-15/h2-3,12,15H,4-11,13H2,1H3,(H,19,23). The molecule has 0 spiro atoms. The van der Waals surface area contributed by atoms with E-state index < -0.39 is 4.92 Å². The predicted molar refractivity (Wildman–Crippen MR) is 97.2 cm³/mol. The molecular weight excluding hydrogens is 336 g/mol. The van der Waals surface area contributed by atoms with Gasteiger partial charge < -0.3 is 15.0 Å². The van der Waals surface area contributed by atoms with E-state index in [1.54, 1.807) is 12.1 Å². The van der Waals surface area contributed by atoms with E-state index in [1.807, 2.05) is 0 Å². The number of rotatable bonds is 5. The third kappa shape index (κ3) is 4.78. The lowest BCUT2D eigenvalue weighted by Gasteiger charge is -2.32. The first-order valence-corrected chi connectivity index (χ1v) is 9.10. The number of nitrogens with one attached hydrogen (secondary N) is 1. The van der Waals surface area contributed by atoms with E-state index in [0.717, 1.165) is 44.6 Å². The zero-order valence-corrected chi connectivity index (χ0v) is 15.1. The zero-order valence-electron chi connectivity index (χ0n) is 15.1. The number of piperazine rings is 1. The van der Waals surface area contributed by atoms with Crippen LogP contribution in [-0.4, -0.2) is 73.1 Å². The Bertz CT molecular complexity index is 653. The summed E-state index contributed by atoms with van der Waals surface area (Å²) in [6.45, 7) is 5.83. The monoisotopic (exact) mass is 362 g/mol. The van der Waals surface area contributed by atoms with Gasteiger partial charge in [0, 0.05) is 58.0 Å². The normalized spacial score (nSPS) is 20.0. The summed E-state index contributed by atoms with van der Waals surface area (Å²) in [5.74, 6) is -0.371. The number of ether oxygens (including phenoxy) is 1. The van der Waals surface area contributed by atoms with Crippen molar-refractivity contribution in [3.8, 4) is 0 Å². The molecule has 2 aliphatic rings. The molecule has 0 radical (unpaired) electrons. The Morgan fingerprint density at radius 2 is 1.96 bits per heavy atom. The molecule has 0 atom stereocenters. The van der Waals surface area contributed by atoms with Crippen LogP contribution in [0.5, 0.6) is 0 Å². The minimum atomic E-state index is -0.488. The first-order valence-electron chi connectivity index (χ1n) is 9.10. The van der Waals surface area contributed by atoms with E-state index in [-0.39, 0.29) is 23.2 Å². The number of benzene rings is 1. The highest BCUT2D eigenvalue weighted by Gasteiger charge is 2.24. The third-order valence-corrected chi connectivity index (χ3v) is 5.06. The highest BCUT2D eigenvalue weighted by Crippen LogP contribution is 2.22. The molecular formula is C18H26N4O4. The Morgan fingerprint density at radius 3 is 2.62 bits per heavy atom. The molecule has 1 N–H and O–H groups in total. The lowest BCUT2D eigenvalue weighted by molar-refractivity contribution is -0.385. The van der Waals surface area contributed by atoms with E-state index >= 15 is 0 Å². The maximum absolute atomic E-state index is 12.6. The average molecular weight is 362 g/mol. The quantitative estimate of drug-likeness (QED) is 0.627. The van der Waals surface area contributed by atoms with Gasteiger partial charge in [0.15, 0.2) is 0 Å². The zero-order chi connectivity index (χ0) is 18.5. The smallest absolute Gasteiger partial charge is 0.282 e. The fourth-order valence-corrected chi connectivity index (χ4v) is 3.39. The molecule has 2 aliphatic heterocycles. The molecule has 1 amide bonds. The van der Waals surface area contributed by atoms with Crippen LogP contribution in [-0.2, 0) is 11.3 Å². The minimum Gasteiger partial charge on any atom is -0.381 e. The number of carbonyl (C=O) groups excluding carboxylic acids is 1. The van der Waals surface area contributed by atoms with Crippen molar-refractivity contribution in [1.82, 2.24) is 15.1 Å². The Hall–Kier alpha value is -2.03. The van der Waals surface area contributed by atoms with Crippen LogP contribution in [0.3, 0.4) is 0 Å². The summed E-state index contributed by atoms with van der Waals surface area (Å²) in [6, 6.07) is 4.88. The topological polar surface area (TPSA) is 88.0 Å². The number of hydrogen-bond donors (Lipinski definition) is 1. The summed E-state index contributed by atoms with van der Waals surface area (Å²) in [7, 11) is 2.10. The molecule has 0 aliphatic carbocycles. The lowest BCUT2D eigenvalue weighted by Crippen LogP contribution is -2.43. The minimum absolute atomic E-state index is 0.0112. The number of carbonyl (C=O) groups is 1. The van der Waals surface area contributed by atoms with Crippen LogP contribution in [0.25, 0.3) is 0 Å². The number of hydrogen-bond acceptors (Lipinski definition) is 6. The first kappa shape index (κ1) is 18.8. The van der Waals surface area contributed by atoms with Gasteiger partial charge in [0.05, 0.1) is 4.92 Å². The number of amides is 1. The molecule has 3 rings (SSSR count). The predicted octanol–water partition coefficient (Wildman–Crippen LogP) is 1.25. The van der Waals surface area contributed by atoms with Crippen molar-refractivity contribution in [3.63, 3.8) is 0 Å². The van der Waals surface area contributed by atoms with E-state index in [2.05, 4.69) is 22.2 Å². The van der Waals surface area contributed by atoms with E-state index in [9.17, 15) is 14.9 Å². The Balaban J connectivity index is 1.73. The van der Waals surface area contributed by atoms with Gasteiger partial charge in [-0.1, -0.05) is 6.07 Å². The highest BCUT2D eigenvalue weighted by atomic mass is 16.6. The molecule has 8 nitrogen and oxygen atoms in total. The molecule has 0 bridgehead atoms. The maximum atomic E-state index is 12.6. The van der Waals surface area contributed by atoms with Crippen LogP contribution in [0.4, 0.5) is 5.69 Å². The van der Waals surface area contributed by atoms with Crippen molar-refractivity contribution in [1.29, 1.82) is 0 Å². The lowest BCUT2D eigenvalue weighted by atomic mass is 10.0. The molecule has 2 fully saturated rings. The summed E-state index contributed by atoms with van der Waals surface area (Å²) in [6.07, 6.45) is 1.47. The van der Waals surface area contributed by atoms with E-state index in [0.29, 0.717) is 19.8 Å². The van der Waals surface area contributed by atoms with Gasteiger partial charge in [0.1, 0.15) is 5.56 Å². The molecule has 1 aromatic rings. The molecule has 26 heavy (non-hydrogen) atoms. The van der Waals surface area contributed by atoms with Gasteiger partial charge in [0.2, 0.25) is 0 Å². The molecule has 2 saturated heterocycles. The first-order chi connectivity index (χ1) is 12.5. The van der Waals surface area contributed by atoms with Crippen LogP contribution < -0.4 is 5.32 Å². The Morgan fingerprint density at radius 1 is 1.27 bits per heavy atom.